The van der Waals surface area contributed by atoms with Crippen molar-refractivity contribution in [3.05, 3.63) is 44.8 Å². The number of aromatic amines is 1. The Morgan fingerprint density at radius 3 is 2.95 bits per heavy atom. The maximum Gasteiger partial charge on any atom is 0.274 e. The molecular weight excluding hydrogens is 306 g/mol. The first-order valence-electron chi connectivity index (χ1n) is 6.75. The Labute approximate surface area is 132 Å². The second-order valence-corrected chi connectivity index (χ2v) is 4.90. The van der Waals surface area contributed by atoms with Gasteiger partial charge in [0.2, 0.25) is 5.95 Å². The predicted octanol–water partition coefficient (Wildman–Crippen LogP) is 2.36. The van der Waals surface area contributed by atoms with E-state index >= 15 is 0 Å². The number of anilines is 1. The van der Waals surface area contributed by atoms with E-state index in [1.54, 1.807) is 25.3 Å². The van der Waals surface area contributed by atoms with Crippen molar-refractivity contribution in [1.29, 1.82) is 0 Å². The van der Waals surface area contributed by atoms with Crippen LogP contribution in [0.1, 0.15) is 24.6 Å². The molecule has 0 radical (unpaired) electrons. The molecule has 0 unspecified atom stereocenters. The highest BCUT2D eigenvalue weighted by Crippen LogP contribution is 2.25. The van der Waals surface area contributed by atoms with Crippen LogP contribution in [-0.2, 0) is 0 Å². The van der Waals surface area contributed by atoms with E-state index in [9.17, 15) is 4.79 Å². The molecule has 1 aromatic heterocycles. The minimum Gasteiger partial charge on any atom is -0.492 e. The molecule has 0 aliphatic rings. The van der Waals surface area contributed by atoms with Crippen LogP contribution >= 0.6 is 11.6 Å². The van der Waals surface area contributed by atoms with Gasteiger partial charge in [0.15, 0.2) is 0 Å². The molecule has 116 valence electrons. The van der Waals surface area contributed by atoms with Crippen LogP contribution < -0.4 is 15.7 Å². The summed E-state index contributed by atoms with van der Waals surface area (Å²) in [5.74, 6) is 0.809. The van der Waals surface area contributed by atoms with Gasteiger partial charge < -0.3 is 4.74 Å². The molecular formula is C14H16ClN5O2. The monoisotopic (exact) mass is 321 g/mol. The van der Waals surface area contributed by atoms with Gasteiger partial charge in [0.25, 0.3) is 5.56 Å². The molecule has 1 aromatic carbocycles. The average molecular weight is 322 g/mol. The number of halogens is 1. The van der Waals surface area contributed by atoms with Crippen LogP contribution in [-0.4, -0.2) is 28.0 Å². The maximum atomic E-state index is 11.4. The van der Waals surface area contributed by atoms with Crippen LogP contribution in [0.25, 0.3) is 0 Å². The Morgan fingerprint density at radius 1 is 1.45 bits per heavy atom. The van der Waals surface area contributed by atoms with Gasteiger partial charge in [0.1, 0.15) is 11.4 Å². The summed E-state index contributed by atoms with van der Waals surface area (Å²) in [6, 6.07) is 5.35. The molecule has 0 fully saturated rings. The number of ether oxygens (including phenoxy) is 1. The van der Waals surface area contributed by atoms with Crippen molar-refractivity contribution >= 4 is 23.8 Å². The number of aryl methyl sites for hydroxylation is 1. The molecule has 0 bridgehead atoms. The highest BCUT2D eigenvalue weighted by molar-refractivity contribution is 6.32. The van der Waals surface area contributed by atoms with Gasteiger partial charge in [-0.05, 0) is 37.1 Å². The lowest BCUT2D eigenvalue weighted by Crippen LogP contribution is -2.15. The number of rotatable bonds is 6. The summed E-state index contributed by atoms with van der Waals surface area (Å²) >= 11 is 6.12. The third kappa shape index (κ3) is 4.29. The van der Waals surface area contributed by atoms with Crippen LogP contribution in [0.2, 0.25) is 5.02 Å². The Morgan fingerprint density at radius 2 is 2.27 bits per heavy atom. The number of benzene rings is 1. The van der Waals surface area contributed by atoms with Crippen molar-refractivity contribution in [2.45, 2.75) is 20.3 Å². The van der Waals surface area contributed by atoms with Gasteiger partial charge in [0.05, 0.1) is 17.8 Å². The number of H-pyrrole nitrogens is 1. The first-order chi connectivity index (χ1) is 10.6. The summed E-state index contributed by atoms with van der Waals surface area (Å²) in [6.07, 6.45) is 2.47. The third-order valence-corrected chi connectivity index (χ3v) is 2.96. The van der Waals surface area contributed by atoms with Crippen LogP contribution in [0.3, 0.4) is 0 Å². The SMILES string of the molecule is CCCOc1ccc(/C=N/Nc2nnc(C)c(=O)[nH]2)cc1Cl. The van der Waals surface area contributed by atoms with E-state index in [2.05, 4.69) is 25.7 Å². The highest BCUT2D eigenvalue weighted by atomic mass is 35.5. The second kappa shape index (κ2) is 7.56. The first-order valence-corrected chi connectivity index (χ1v) is 7.13. The summed E-state index contributed by atoms with van der Waals surface area (Å²) in [7, 11) is 0. The van der Waals surface area contributed by atoms with E-state index in [1.165, 1.54) is 0 Å². The highest BCUT2D eigenvalue weighted by Gasteiger charge is 2.02. The topological polar surface area (TPSA) is 92.3 Å². The van der Waals surface area contributed by atoms with Gasteiger partial charge >= 0.3 is 0 Å². The zero-order valence-corrected chi connectivity index (χ0v) is 13.0. The van der Waals surface area contributed by atoms with Gasteiger partial charge in [-0.1, -0.05) is 18.5 Å². The molecule has 1 heterocycles. The van der Waals surface area contributed by atoms with Gasteiger partial charge in [-0.15, -0.1) is 10.2 Å². The number of nitrogens with zero attached hydrogens (tertiary/aromatic N) is 3. The average Bonchev–Trinajstić information content (AvgIpc) is 2.50. The van der Waals surface area contributed by atoms with E-state index in [-0.39, 0.29) is 11.5 Å². The quantitative estimate of drug-likeness (QED) is 0.629. The van der Waals surface area contributed by atoms with E-state index in [1.807, 2.05) is 13.0 Å². The van der Waals surface area contributed by atoms with Gasteiger partial charge in [-0.2, -0.15) is 5.10 Å². The van der Waals surface area contributed by atoms with E-state index in [0.717, 1.165) is 12.0 Å². The number of hydrogen-bond acceptors (Lipinski definition) is 6. The van der Waals surface area contributed by atoms with Crippen LogP contribution in [0.4, 0.5) is 5.95 Å². The number of nitrogens with one attached hydrogen (secondary N) is 2. The summed E-state index contributed by atoms with van der Waals surface area (Å²) in [5.41, 5.74) is 3.36. The fourth-order valence-corrected chi connectivity index (χ4v) is 1.78. The standard InChI is InChI=1S/C14H16ClN5O2/c1-3-6-22-12-5-4-10(7-11(12)15)8-16-19-14-17-13(21)9(2)18-20-14/h4-5,7-8H,3,6H2,1-2H3,(H2,17,19,20,21)/b16-8+. The van der Waals surface area contributed by atoms with Crippen molar-refractivity contribution in [2.24, 2.45) is 5.10 Å². The zero-order chi connectivity index (χ0) is 15.9. The molecule has 0 saturated heterocycles. The molecule has 8 heteroatoms. The van der Waals surface area contributed by atoms with Gasteiger partial charge in [0, 0.05) is 0 Å². The van der Waals surface area contributed by atoms with E-state index in [4.69, 9.17) is 16.3 Å². The fraction of sp³-hybridized carbons (Fsp3) is 0.286. The molecule has 0 atom stereocenters. The van der Waals surface area contributed by atoms with E-state index in [0.29, 0.717) is 23.1 Å². The first kappa shape index (κ1) is 16.0. The zero-order valence-electron chi connectivity index (χ0n) is 12.3. The second-order valence-electron chi connectivity index (χ2n) is 4.50. The molecule has 2 N–H and O–H groups in total. The molecule has 0 aliphatic carbocycles. The summed E-state index contributed by atoms with van der Waals surface area (Å²) < 4.78 is 5.49. The van der Waals surface area contributed by atoms with Crippen molar-refractivity contribution in [3.63, 3.8) is 0 Å². The Kier molecular flexibility index (Phi) is 5.48. The van der Waals surface area contributed by atoms with Gasteiger partial charge in [-0.25, -0.2) is 5.43 Å². The lowest BCUT2D eigenvalue weighted by atomic mass is 10.2. The molecule has 0 amide bonds. The Balaban J connectivity index is 2.02. The minimum absolute atomic E-state index is 0.167. The summed E-state index contributed by atoms with van der Waals surface area (Å²) in [4.78, 5) is 13.9. The Hall–Kier alpha value is -2.41. The number of hydrogen-bond donors (Lipinski definition) is 2. The van der Waals surface area contributed by atoms with Crippen LogP contribution in [0.15, 0.2) is 28.1 Å². The molecule has 2 aromatic rings. The molecule has 0 saturated carbocycles. The smallest absolute Gasteiger partial charge is 0.274 e. The predicted molar refractivity (Wildman–Crippen MR) is 85.8 cm³/mol. The van der Waals surface area contributed by atoms with E-state index < -0.39 is 0 Å². The van der Waals surface area contributed by atoms with Crippen LogP contribution in [0, 0.1) is 6.92 Å². The van der Waals surface area contributed by atoms with Crippen molar-refractivity contribution in [1.82, 2.24) is 15.2 Å². The minimum atomic E-state index is -0.312. The summed E-state index contributed by atoms with van der Waals surface area (Å²) in [6.45, 7) is 4.22. The lowest BCUT2D eigenvalue weighted by Gasteiger charge is -2.06. The largest absolute Gasteiger partial charge is 0.492 e. The van der Waals surface area contributed by atoms with Crippen molar-refractivity contribution in [3.8, 4) is 5.75 Å². The molecule has 0 spiro atoms. The molecule has 2 rings (SSSR count). The van der Waals surface area contributed by atoms with Crippen molar-refractivity contribution < 1.29 is 4.74 Å². The van der Waals surface area contributed by atoms with Crippen LogP contribution in [0.5, 0.6) is 5.75 Å². The third-order valence-electron chi connectivity index (χ3n) is 2.66. The summed E-state index contributed by atoms with van der Waals surface area (Å²) in [5, 5.41) is 11.9. The van der Waals surface area contributed by atoms with Gasteiger partial charge in [-0.3, -0.25) is 9.78 Å². The molecule has 22 heavy (non-hydrogen) atoms. The molecule has 7 nitrogen and oxygen atoms in total. The normalized spacial score (nSPS) is 10.9. The maximum absolute atomic E-state index is 11.4. The van der Waals surface area contributed by atoms with Crippen molar-refractivity contribution in [2.75, 3.05) is 12.0 Å². The number of hydrazone groups is 1. The fourth-order valence-electron chi connectivity index (χ4n) is 1.54. The Bertz CT molecular complexity index is 729. The lowest BCUT2D eigenvalue weighted by molar-refractivity contribution is 0.317. The molecule has 0 aliphatic heterocycles. The number of aromatic nitrogens is 3.